The van der Waals surface area contributed by atoms with Gasteiger partial charge < -0.3 is 5.73 Å². The Morgan fingerprint density at radius 3 is 1.93 bits per heavy atom. The second-order valence-corrected chi connectivity index (χ2v) is 7.57. The Morgan fingerprint density at radius 2 is 1.79 bits per heavy atom. The molecular weight excluding hydrogens is 265 g/mol. The van der Waals surface area contributed by atoms with Gasteiger partial charge in [0.05, 0.1) is 0 Å². The zero-order valence-electron chi connectivity index (χ0n) is 9.94. The van der Waals surface area contributed by atoms with Crippen molar-refractivity contribution in [3.8, 4) is 0 Å². The third-order valence-electron chi connectivity index (χ3n) is 1.34. The third-order valence-corrected chi connectivity index (χ3v) is 2.98. The van der Waals surface area contributed by atoms with Gasteiger partial charge in [-0.25, -0.2) is 11.3 Å². The molecule has 0 aromatic rings. The molecule has 1 aliphatic rings. The van der Waals surface area contributed by atoms with Crippen LogP contribution in [0.3, 0.4) is 0 Å². The molecule has 0 aromatic carbocycles. The summed E-state index contributed by atoms with van der Waals surface area (Å²) in [6.45, 7) is 10.2. The molecular formula is C11H21NSiZr. The molecule has 14 heavy (non-hydrogen) atoms. The van der Waals surface area contributed by atoms with Crippen molar-refractivity contribution in [3.05, 3.63) is 29.2 Å². The van der Waals surface area contributed by atoms with Crippen LogP contribution in [0.4, 0.5) is 0 Å². The summed E-state index contributed by atoms with van der Waals surface area (Å²) in [6.07, 6.45) is 8.78. The zero-order chi connectivity index (χ0) is 10.5. The van der Waals surface area contributed by atoms with Crippen LogP contribution < -0.4 is 0 Å². The SMILES string of the molecule is CC(C)(C)[NH-].C[SiH](C)C1=[C-]CC=C1.[Zr+2]. The van der Waals surface area contributed by atoms with Gasteiger partial charge in [-0.1, -0.05) is 33.9 Å². The first-order chi connectivity index (χ1) is 5.80. The van der Waals surface area contributed by atoms with E-state index in [-0.39, 0.29) is 31.7 Å². The molecule has 78 valence electrons. The second-order valence-electron chi connectivity index (χ2n) is 4.64. The zero-order valence-corrected chi connectivity index (χ0v) is 13.6. The van der Waals surface area contributed by atoms with Crippen LogP contribution in [0.5, 0.6) is 0 Å². The molecule has 3 heteroatoms. The van der Waals surface area contributed by atoms with E-state index in [2.05, 4.69) is 31.3 Å². The largest absolute Gasteiger partial charge is 2.00 e. The molecule has 0 heterocycles. The van der Waals surface area contributed by atoms with Gasteiger partial charge in [0.15, 0.2) is 0 Å². The van der Waals surface area contributed by atoms with Gasteiger partial charge in [0.2, 0.25) is 0 Å². The van der Waals surface area contributed by atoms with E-state index >= 15 is 0 Å². The van der Waals surface area contributed by atoms with Gasteiger partial charge in [-0.2, -0.15) is 6.08 Å². The second kappa shape index (κ2) is 7.78. The van der Waals surface area contributed by atoms with Crippen molar-refractivity contribution < 1.29 is 26.2 Å². The summed E-state index contributed by atoms with van der Waals surface area (Å²) >= 11 is 0. The summed E-state index contributed by atoms with van der Waals surface area (Å²) < 4.78 is 0. The monoisotopic (exact) mass is 285 g/mol. The number of hydrogen-bond donors (Lipinski definition) is 0. The van der Waals surface area contributed by atoms with Crippen molar-refractivity contribution in [1.82, 2.24) is 0 Å². The van der Waals surface area contributed by atoms with Crippen molar-refractivity contribution >= 4 is 8.80 Å². The predicted octanol–water partition coefficient (Wildman–Crippen LogP) is 3.54. The Morgan fingerprint density at radius 1 is 1.36 bits per heavy atom. The molecule has 1 N–H and O–H groups in total. The summed E-state index contributed by atoms with van der Waals surface area (Å²) in [4.78, 5) is 0. The standard InChI is InChI=1S/C7H11Si.C4H10N.Zr/c1-8(2)7-5-3-4-6-7;1-4(2,3)5;/h3,5,8H,4H2,1-2H3;5H,1-3H3;/q2*-1;+2. The van der Waals surface area contributed by atoms with Crippen molar-refractivity contribution in [2.75, 3.05) is 0 Å². The Bertz CT molecular complexity index is 196. The fraction of sp³-hybridized carbons (Fsp3) is 0.636. The molecule has 0 unspecified atom stereocenters. The maximum atomic E-state index is 6.94. The number of allylic oxidation sites excluding steroid dienone is 4. The summed E-state index contributed by atoms with van der Waals surface area (Å²) in [5.41, 5.74) is 6.69. The molecule has 0 aromatic heterocycles. The first-order valence-electron chi connectivity index (χ1n) is 4.83. The van der Waals surface area contributed by atoms with E-state index in [9.17, 15) is 0 Å². The van der Waals surface area contributed by atoms with Crippen molar-refractivity contribution in [3.63, 3.8) is 0 Å². The average Bonchev–Trinajstić information content (AvgIpc) is 2.31. The van der Waals surface area contributed by atoms with Crippen LogP contribution in [0.15, 0.2) is 17.3 Å². The molecule has 0 spiro atoms. The van der Waals surface area contributed by atoms with Gasteiger partial charge in [0, 0.05) is 8.80 Å². The van der Waals surface area contributed by atoms with Gasteiger partial charge in [0.1, 0.15) is 0 Å². The van der Waals surface area contributed by atoms with Crippen molar-refractivity contribution in [2.24, 2.45) is 0 Å². The molecule has 0 aliphatic heterocycles. The van der Waals surface area contributed by atoms with E-state index in [1.54, 1.807) is 0 Å². The predicted molar refractivity (Wildman–Crippen MR) is 63.5 cm³/mol. The van der Waals surface area contributed by atoms with Gasteiger partial charge in [-0.15, -0.1) is 12.0 Å². The van der Waals surface area contributed by atoms with Crippen LogP contribution in [0.25, 0.3) is 5.73 Å². The topological polar surface area (TPSA) is 23.8 Å². The van der Waals surface area contributed by atoms with Crippen LogP contribution in [-0.2, 0) is 26.2 Å². The Hall–Kier alpha value is 0.540. The summed E-state index contributed by atoms with van der Waals surface area (Å²) in [7, 11) is -0.504. The molecule has 0 radical (unpaired) electrons. The van der Waals surface area contributed by atoms with E-state index in [1.165, 1.54) is 5.20 Å². The van der Waals surface area contributed by atoms with E-state index in [0.717, 1.165) is 6.42 Å². The minimum absolute atomic E-state index is 0. The Kier molecular flexibility index (Phi) is 9.42. The normalized spacial score (nSPS) is 14.4. The molecule has 0 bridgehead atoms. The first-order valence-corrected chi connectivity index (χ1v) is 7.71. The summed E-state index contributed by atoms with van der Waals surface area (Å²) in [6, 6.07) is 0. The average molecular weight is 287 g/mol. The molecule has 0 amide bonds. The molecule has 0 fully saturated rings. The number of hydrogen-bond acceptors (Lipinski definition) is 0. The van der Waals surface area contributed by atoms with Gasteiger partial charge in [-0.3, -0.25) is 6.08 Å². The molecule has 0 saturated heterocycles. The van der Waals surface area contributed by atoms with Crippen LogP contribution >= 0.6 is 0 Å². The third kappa shape index (κ3) is 12.5. The van der Waals surface area contributed by atoms with Crippen LogP contribution in [0, 0.1) is 6.08 Å². The maximum Gasteiger partial charge on any atom is 2.00 e. The van der Waals surface area contributed by atoms with E-state index < -0.39 is 8.80 Å². The fourth-order valence-electron chi connectivity index (χ4n) is 0.818. The quantitative estimate of drug-likeness (QED) is 0.520. The number of rotatable bonds is 1. The molecule has 0 atom stereocenters. The van der Waals surface area contributed by atoms with Crippen LogP contribution in [0.1, 0.15) is 27.2 Å². The molecule has 1 nitrogen and oxygen atoms in total. The van der Waals surface area contributed by atoms with E-state index in [1.807, 2.05) is 20.8 Å². The molecule has 1 aliphatic carbocycles. The van der Waals surface area contributed by atoms with Crippen molar-refractivity contribution in [2.45, 2.75) is 45.8 Å². The smallest absolute Gasteiger partial charge is 0.673 e. The minimum atomic E-state index is -0.504. The van der Waals surface area contributed by atoms with E-state index in [0.29, 0.717) is 0 Å². The fourth-order valence-corrected chi connectivity index (χ4v) is 1.87. The number of nitrogens with one attached hydrogen (secondary N) is 1. The summed E-state index contributed by atoms with van der Waals surface area (Å²) in [5.74, 6) is 0. The molecule has 1 rings (SSSR count). The minimum Gasteiger partial charge on any atom is -0.673 e. The van der Waals surface area contributed by atoms with Gasteiger partial charge in [0.25, 0.3) is 0 Å². The van der Waals surface area contributed by atoms with E-state index in [4.69, 9.17) is 5.73 Å². The van der Waals surface area contributed by atoms with Gasteiger partial charge >= 0.3 is 26.2 Å². The van der Waals surface area contributed by atoms with Crippen molar-refractivity contribution in [1.29, 1.82) is 0 Å². The maximum absolute atomic E-state index is 6.94. The van der Waals surface area contributed by atoms with Crippen LogP contribution in [0.2, 0.25) is 13.1 Å². The Labute approximate surface area is 110 Å². The Balaban J connectivity index is 0. The first kappa shape index (κ1) is 17.0. The van der Waals surface area contributed by atoms with Gasteiger partial charge in [-0.05, 0) is 0 Å². The molecule has 0 saturated carbocycles. The summed E-state index contributed by atoms with van der Waals surface area (Å²) in [5, 5.41) is 1.50. The van der Waals surface area contributed by atoms with Crippen LogP contribution in [-0.4, -0.2) is 14.3 Å².